The quantitative estimate of drug-likeness (QED) is 0.358. The Kier molecular flexibility index (Phi) is 7.75. The smallest absolute Gasteiger partial charge is 0.279 e. The summed E-state index contributed by atoms with van der Waals surface area (Å²) in [4.78, 5) is 44.6. The number of hydrogen-bond acceptors (Lipinski definition) is 7. The van der Waals surface area contributed by atoms with Crippen LogP contribution in [0.2, 0.25) is 5.02 Å². The predicted molar refractivity (Wildman–Crippen MR) is 114 cm³/mol. The number of non-ortho nitro benzene ring substituents is 1. The lowest BCUT2D eigenvalue weighted by Crippen LogP contribution is -2.23. The van der Waals surface area contributed by atoms with Gasteiger partial charge >= 0.3 is 0 Å². The van der Waals surface area contributed by atoms with E-state index in [9.17, 15) is 29.8 Å². The van der Waals surface area contributed by atoms with Crippen molar-refractivity contribution in [3.63, 3.8) is 0 Å². The van der Waals surface area contributed by atoms with Crippen molar-refractivity contribution in [2.45, 2.75) is 26.7 Å². The second-order valence-corrected chi connectivity index (χ2v) is 6.93. The molecule has 0 bridgehead atoms. The molecule has 0 saturated carbocycles. The first-order valence-electron chi connectivity index (χ1n) is 8.87. The molecular formula is C19H18ClN5O6. The molecule has 0 fully saturated rings. The van der Waals surface area contributed by atoms with Crippen LogP contribution >= 0.6 is 11.6 Å². The molecule has 0 atom stereocenters. The highest BCUT2D eigenvalue weighted by molar-refractivity contribution is 6.31. The second kappa shape index (κ2) is 10.3. The van der Waals surface area contributed by atoms with Gasteiger partial charge in [-0.3, -0.25) is 29.8 Å². The number of hydrazone groups is 1. The maximum absolute atomic E-state index is 12.2. The largest absolute Gasteiger partial charge is 0.325 e. The van der Waals surface area contributed by atoms with Gasteiger partial charge in [-0.05, 0) is 37.6 Å². The lowest BCUT2D eigenvalue weighted by atomic mass is 10.1. The van der Waals surface area contributed by atoms with Crippen LogP contribution in [0.1, 0.15) is 24.5 Å². The van der Waals surface area contributed by atoms with Gasteiger partial charge < -0.3 is 5.32 Å². The molecule has 11 nitrogen and oxygen atoms in total. The Morgan fingerprint density at radius 2 is 1.81 bits per heavy atom. The SMILES string of the molecule is C/C(CC(=O)Nc1cccc(Cl)c1C)=N/NC(=O)Cc1ccc([N+](=O)[O-])cc1[N+](=O)[O-]. The van der Waals surface area contributed by atoms with Crippen LogP contribution in [0.15, 0.2) is 41.5 Å². The summed E-state index contributed by atoms with van der Waals surface area (Å²) >= 11 is 6.01. The number of amides is 2. The fourth-order valence-corrected chi connectivity index (χ4v) is 2.74. The highest BCUT2D eigenvalue weighted by Gasteiger charge is 2.21. The monoisotopic (exact) mass is 447 g/mol. The van der Waals surface area contributed by atoms with E-state index in [2.05, 4.69) is 15.8 Å². The third-order valence-corrected chi connectivity index (χ3v) is 4.57. The first-order chi connectivity index (χ1) is 14.6. The first kappa shape index (κ1) is 23.4. The van der Waals surface area contributed by atoms with Gasteiger partial charge in [0.1, 0.15) is 0 Å². The molecule has 2 amide bonds. The Bertz CT molecular complexity index is 1090. The predicted octanol–water partition coefficient (Wildman–Crippen LogP) is 3.53. The van der Waals surface area contributed by atoms with Crippen LogP contribution in [0.4, 0.5) is 17.1 Å². The Hall–Kier alpha value is -3.86. The molecule has 0 aliphatic heterocycles. The van der Waals surface area contributed by atoms with E-state index < -0.39 is 33.5 Å². The maximum atomic E-state index is 12.2. The third kappa shape index (κ3) is 6.57. The number of nitro benzene ring substituents is 2. The van der Waals surface area contributed by atoms with Crippen LogP contribution in [0.5, 0.6) is 0 Å². The highest BCUT2D eigenvalue weighted by atomic mass is 35.5. The Labute approximate surface area is 181 Å². The van der Waals surface area contributed by atoms with E-state index in [0.29, 0.717) is 22.0 Å². The fraction of sp³-hybridized carbons (Fsp3) is 0.211. The summed E-state index contributed by atoms with van der Waals surface area (Å²) in [7, 11) is 0. The van der Waals surface area contributed by atoms with E-state index in [-0.39, 0.29) is 17.9 Å². The van der Waals surface area contributed by atoms with Crippen molar-refractivity contribution in [3.8, 4) is 0 Å². The van der Waals surface area contributed by atoms with E-state index in [1.54, 1.807) is 25.1 Å². The molecule has 2 aromatic rings. The number of hydrogen-bond donors (Lipinski definition) is 2. The minimum Gasteiger partial charge on any atom is -0.325 e. The van der Waals surface area contributed by atoms with Crippen molar-refractivity contribution in [1.29, 1.82) is 0 Å². The number of nitrogens with one attached hydrogen (secondary N) is 2. The summed E-state index contributed by atoms with van der Waals surface area (Å²) in [6.45, 7) is 3.29. The number of anilines is 1. The van der Waals surface area contributed by atoms with E-state index in [1.165, 1.54) is 6.92 Å². The molecule has 0 spiro atoms. The number of carbonyl (C=O) groups is 2. The number of nitrogens with zero attached hydrogens (tertiary/aromatic N) is 3. The molecule has 0 heterocycles. The van der Waals surface area contributed by atoms with Gasteiger partial charge in [-0.25, -0.2) is 5.43 Å². The van der Waals surface area contributed by atoms with Crippen molar-refractivity contribution < 1.29 is 19.4 Å². The molecule has 162 valence electrons. The summed E-state index contributed by atoms with van der Waals surface area (Å²) in [5.41, 5.74) is 2.78. The molecule has 0 aliphatic carbocycles. The molecule has 31 heavy (non-hydrogen) atoms. The summed E-state index contributed by atoms with van der Waals surface area (Å²) in [5.74, 6) is -1.05. The summed E-state index contributed by atoms with van der Waals surface area (Å²) in [5, 5.41) is 28.9. The van der Waals surface area contributed by atoms with Crippen LogP contribution in [-0.2, 0) is 16.0 Å². The zero-order chi connectivity index (χ0) is 23.1. The van der Waals surface area contributed by atoms with Gasteiger partial charge in [0.25, 0.3) is 11.4 Å². The molecule has 2 N–H and O–H groups in total. The molecule has 0 unspecified atom stereocenters. The maximum Gasteiger partial charge on any atom is 0.279 e. The van der Waals surface area contributed by atoms with E-state index in [4.69, 9.17) is 11.6 Å². The van der Waals surface area contributed by atoms with Crippen LogP contribution < -0.4 is 10.7 Å². The van der Waals surface area contributed by atoms with Crippen molar-refractivity contribution in [1.82, 2.24) is 5.43 Å². The zero-order valence-corrected chi connectivity index (χ0v) is 17.3. The van der Waals surface area contributed by atoms with Crippen molar-refractivity contribution in [2.75, 3.05) is 5.32 Å². The van der Waals surface area contributed by atoms with Gasteiger partial charge in [0.05, 0.1) is 28.8 Å². The number of nitro groups is 2. The zero-order valence-electron chi connectivity index (χ0n) is 16.5. The molecule has 0 aromatic heterocycles. The molecule has 0 radical (unpaired) electrons. The van der Waals surface area contributed by atoms with Gasteiger partial charge in [0.2, 0.25) is 11.8 Å². The molecule has 12 heteroatoms. The molecule has 2 rings (SSSR count). The number of carbonyl (C=O) groups excluding carboxylic acids is 2. The second-order valence-electron chi connectivity index (χ2n) is 6.52. The van der Waals surface area contributed by atoms with E-state index in [0.717, 1.165) is 18.2 Å². The van der Waals surface area contributed by atoms with Crippen LogP contribution in [0, 0.1) is 27.2 Å². The summed E-state index contributed by atoms with van der Waals surface area (Å²) in [6.07, 6.45) is -0.525. The van der Waals surface area contributed by atoms with Gasteiger partial charge in [-0.15, -0.1) is 0 Å². The minimum absolute atomic E-state index is 0.00451. The summed E-state index contributed by atoms with van der Waals surface area (Å²) in [6, 6.07) is 8.11. The normalized spacial score (nSPS) is 11.0. The van der Waals surface area contributed by atoms with Gasteiger partial charge in [-0.2, -0.15) is 5.10 Å². The Morgan fingerprint density at radius 3 is 2.45 bits per heavy atom. The van der Waals surface area contributed by atoms with Gasteiger partial charge in [0.15, 0.2) is 0 Å². The lowest BCUT2D eigenvalue weighted by molar-refractivity contribution is -0.394. The molecule has 2 aromatic carbocycles. The standard InChI is InChI=1S/C19H18ClN5O6/c1-11(8-18(26)21-16-5-3-4-15(20)12(16)2)22-23-19(27)9-13-6-7-14(24(28)29)10-17(13)25(30)31/h3-7,10H,8-9H2,1-2H3,(H,21,26)(H,23,27)/b22-11-. The topological polar surface area (TPSA) is 157 Å². The minimum atomic E-state index is -0.799. The average Bonchev–Trinajstić information content (AvgIpc) is 2.69. The van der Waals surface area contributed by atoms with Crippen molar-refractivity contribution in [2.24, 2.45) is 5.10 Å². The van der Waals surface area contributed by atoms with Gasteiger partial charge in [-0.1, -0.05) is 17.7 Å². The third-order valence-electron chi connectivity index (χ3n) is 4.16. The van der Waals surface area contributed by atoms with Crippen LogP contribution in [-0.4, -0.2) is 27.4 Å². The number of benzene rings is 2. The lowest BCUT2D eigenvalue weighted by Gasteiger charge is -2.09. The number of rotatable bonds is 8. The first-order valence-corrected chi connectivity index (χ1v) is 9.25. The van der Waals surface area contributed by atoms with Crippen LogP contribution in [0.25, 0.3) is 0 Å². The molecular weight excluding hydrogens is 430 g/mol. The average molecular weight is 448 g/mol. The highest BCUT2D eigenvalue weighted by Crippen LogP contribution is 2.25. The van der Waals surface area contributed by atoms with Crippen LogP contribution in [0.3, 0.4) is 0 Å². The van der Waals surface area contributed by atoms with Gasteiger partial charge in [0, 0.05) is 28.1 Å². The molecule has 0 saturated heterocycles. The molecule has 0 aliphatic rings. The Morgan fingerprint density at radius 1 is 1.10 bits per heavy atom. The van der Waals surface area contributed by atoms with E-state index >= 15 is 0 Å². The van der Waals surface area contributed by atoms with Crippen molar-refractivity contribution in [3.05, 3.63) is 72.8 Å². The Balaban J connectivity index is 1.98. The van der Waals surface area contributed by atoms with E-state index in [1.807, 2.05) is 0 Å². The fourth-order valence-electron chi connectivity index (χ4n) is 2.56. The number of halogens is 1. The van der Waals surface area contributed by atoms with Crippen molar-refractivity contribution >= 4 is 46.2 Å². The summed E-state index contributed by atoms with van der Waals surface area (Å²) < 4.78 is 0.